The van der Waals surface area contributed by atoms with E-state index < -0.39 is 0 Å². The lowest BCUT2D eigenvalue weighted by Crippen LogP contribution is -2.27. The number of anilines is 1. The summed E-state index contributed by atoms with van der Waals surface area (Å²) in [4.78, 5) is 30.8. The van der Waals surface area contributed by atoms with E-state index in [2.05, 4.69) is 10.3 Å². The molecule has 1 aromatic carbocycles. The van der Waals surface area contributed by atoms with Crippen molar-refractivity contribution in [3.05, 3.63) is 56.4 Å². The number of hydrogen-bond acceptors (Lipinski definition) is 4. The first kappa shape index (κ1) is 16.7. The minimum Gasteiger partial charge on any atom is -0.324 e. The lowest BCUT2D eigenvalue weighted by molar-refractivity contribution is -0.116. The van der Waals surface area contributed by atoms with Gasteiger partial charge in [-0.05, 0) is 37.1 Å². The monoisotopic (exact) mass is 361 g/mol. The van der Waals surface area contributed by atoms with Crippen molar-refractivity contribution < 1.29 is 4.79 Å². The Morgan fingerprint density at radius 3 is 2.96 bits per heavy atom. The second-order valence-corrected chi connectivity index (χ2v) is 6.95. The van der Waals surface area contributed by atoms with Gasteiger partial charge in [0.1, 0.15) is 11.4 Å². The quantitative estimate of drug-likeness (QED) is 0.771. The SMILES string of the molecule is CCc1cc2c(=O)n(CC(=O)Nc3cccc(Cl)c3C)cnc2s1. The summed E-state index contributed by atoms with van der Waals surface area (Å²) in [5.41, 5.74) is 1.23. The van der Waals surface area contributed by atoms with Crippen LogP contribution in [0.4, 0.5) is 5.69 Å². The van der Waals surface area contributed by atoms with Gasteiger partial charge in [0, 0.05) is 15.6 Å². The number of carbonyl (C=O) groups excluding carboxylic acids is 1. The molecule has 0 unspecified atom stereocenters. The first-order valence-corrected chi connectivity index (χ1v) is 8.72. The molecule has 0 saturated carbocycles. The van der Waals surface area contributed by atoms with Crippen molar-refractivity contribution in [1.82, 2.24) is 9.55 Å². The highest BCUT2D eigenvalue weighted by Gasteiger charge is 2.12. The molecule has 0 aliphatic carbocycles. The molecule has 0 aliphatic rings. The Morgan fingerprint density at radius 1 is 1.42 bits per heavy atom. The van der Waals surface area contributed by atoms with Gasteiger partial charge in [0.25, 0.3) is 5.56 Å². The van der Waals surface area contributed by atoms with Gasteiger partial charge in [-0.1, -0.05) is 24.6 Å². The second kappa shape index (κ2) is 6.75. The molecule has 2 heterocycles. The van der Waals surface area contributed by atoms with E-state index >= 15 is 0 Å². The van der Waals surface area contributed by atoms with Crippen LogP contribution in [0.1, 0.15) is 17.4 Å². The van der Waals surface area contributed by atoms with E-state index in [4.69, 9.17) is 11.6 Å². The standard InChI is InChI=1S/C17H16ClN3O2S/c1-3-11-7-12-16(24-11)19-9-21(17(12)23)8-15(22)20-14-6-4-5-13(18)10(14)2/h4-7,9H,3,8H2,1-2H3,(H,20,22). The minimum atomic E-state index is -0.297. The van der Waals surface area contributed by atoms with Crippen molar-refractivity contribution in [2.75, 3.05) is 5.32 Å². The van der Waals surface area contributed by atoms with Gasteiger partial charge in [-0.25, -0.2) is 4.98 Å². The van der Waals surface area contributed by atoms with Gasteiger partial charge in [0.15, 0.2) is 0 Å². The lowest BCUT2D eigenvalue weighted by atomic mass is 10.2. The number of nitrogens with one attached hydrogen (secondary N) is 1. The Hall–Kier alpha value is -2.18. The first-order chi connectivity index (χ1) is 11.5. The lowest BCUT2D eigenvalue weighted by Gasteiger charge is -2.10. The first-order valence-electron chi connectivity index (χ1n) is 7.52. The Morgan fingerprint density at radius 2 is 2.21 bits per heavy atom. The largest absolute Gasteiger partial charge is 0.324 e. The maximum absolute atomic E-state index is 12.5. The molecule has 5 nitrogen and oxygen atoms in total. The van der Waals surface area contributed by atoms with Crippen LogP contribution in [0, 0.1) is 6.92 Å². The minimum absolute atomic E-state index is 0.0922. The highest BCUT2D eigenvalue weighted by molar-refractivity contribution is 7.18. The fourth-order valence-electron chi connectivity index (χ4n) is 2.38. The number of hydrogen-bond donors (Lipinski definition) is 1. The Labute approximate surface area is 147 Å². The molecular formula is C17H16ClN3O2S. The number of aromatic nitrogens is 2. The Balaban J connectivity index is 1.84. The summed E-state index contributed by atoms with van der Waals surface area (Å²) in [7, 11) is 0. The van der Waals surface area contributed by atoms with E-state index in [1.807, 2.05) is 19.9 Å². The smallest absolute Gasteiger partial charge is 0.262 e. The average molecular weight is 362 g/mol. The topological polar surface area (TPSA) is 64.0 Å². The highest BCUT2D eigenvalue weighted by Crippen LogP contribution is 2.23. The zero-order valence-electron chi connectivity index (χ0n) is 13.3. The molecule has 0 saturated heterocycles. The third-order valence-electron chi connectivity index (χ3n) is 3.77. The molecular weight excluding hydrogens is 346 g/mol. The number of fused-ring (bicyclic) bond motifs is 1. The summed E-state index contributed by atoms with van der Waals surface area (Å²) in [6, 6.07) is 7.15. The second-order valence-electron chi connectivity index (χ2n) is 5.42. The number of halogens is 1. The molecule has 124 valence electrons. The average Bonchev–Trinajstić information content (AvgIpc) is 2.99. The zero-order valence-corrected chi connectivity index (χ0v) is 14.9. The van der Waals surface area contributed by atoms with Crippen LogP contribution in [0.3, 0.4) is 0 Å². The molecule has 7 heteroatoms. The number of nitrogens with zero attached hydrogens (tertiary/aromatic N) is 2. The third kappa shape index (κ3) is 3.20. The molecule has 2 aromatic heterocycles. The summed E-state index contributed by atoms with van der Waals surface area (Å²) >= 11 is 7.55. The maximum atomic E-state index is 12.5. The van der Waals surface area contributed by atoms with Crippen LogP contribution < -0.4 is 10.9 Å². The molecule has 0 fully saturated rings. The Bertz CT molecular complexity index is 978. The van der Waals surface area contributed by atoms with E-state index in [0.717, 1.165) is 16.9 Å². The summed E-state index contributed by atoms with van der Waals surface area (Å²) in [5, 5.41) is 3.93. The van der Waals surface area contributed by atoms with Crippen LogP contribution in [0.15, 0.2) is 35.4 Å². The van der Waals surface area contributed by atoms with Gasteiger partial charge in [0.05, 0.1) is 11.7 Å². The fourth-order valence-corrected chi connectivity index (χ4v) is 3.48. The van der Waals surface area contributed by atoms with Crippen LogP contribution in [0.5, 0.6) is 0 Å². The van der Waals surface area contributed by atoms with Gasteiger partial charge >= 0.3 is 0 Å². The van der Waals surface area contributed by atoms with Crippen molar-refractivity contribution in [3.8, 4) is 0 Å². The van der Waals surface area contributed by atoms with Crippen molar-refractivity contribution in [2.24, 2.45) is 0 Å². The normalized spacial score (nSPS) is 11.0. The van der Waals surface area contributed by atoms with E-state index in [9.17, 15) is 9.59 Å². The molecule has 1 amide bonds. The Kier molecular flexibility index (Phi) is 4.69. The molecule has 0 spiro atoms. The molecule has 24 heavy (non-hydrogen) atoms. The van der Waals surface area contributed by atoms with Gasteiger partial charge in [-0.15, -0.1) is 11.3 Å². The molecule has 0 aliphatic heterocycles. The molecule has 3 rings (SSSR count). The predicted octanol–water partition coefficient (Wildman–Crippen LogP) is 3.62. The van der Waals surface area contributed by atoms with Crippen LogP contribution in [-0.4, -0.2) is 15.5 Å². The molecule has 3 aromatic rings. The van der Waals surface area contributed by atoms with Crippen molar-refractivity contribution >= 4 is 44.7 Å². The van der Waals surface area contributed by atoms with Gasteiger partial charge in [0.2, 0.25) is 5.91 Å². The molecule has 0 atom stereocenters. The molecule has 0 bridgehead atoms. The van der Waals surface area contributed by atoms with Gasteiger partial charge < -0.3 is 5.32 Å². The van der Waals surface area contributed by atoms with E-state index in [0.29, 0.717) is 20.9 Å². The van der Waals surface area contributed by atoms with Crippen LogP contribution in [-0.2, 0) is 17.8 Å². The third-order valence-corrected chi connectivity index (χ3v) is 5.37. The van der Waals surface area contributed by atoms with Gasteiger partial charge in [-0.2, -0.15) is 0 Å². The maximum Gasteiger partial charge on any atom is 0.262 e. The fraction of sp³-hybridized carbons (Fsp3) is 0.235. The summed E-state index contributed by atoms with van der Waals surface area (Å²) in [6.45, 7) is 3.77. The summed E-state index contributed by atoms with van der Waals surface area (Å²) < 4.78 is 1.32. The number of carbonyl (C=O) groups is 1. The van der Waals surface area contributed by atoms with Gasteiger partial charge in [-0.3, -0.25) is 14.2 Å². The van der Waals surface area contributed by atoms with Crippen LogP contribution in [0.25, 0.3) is 10.2 Å². The van der Waals surface area contributed by atoms with E-state index in [1.165, 1.54) is 22.2 Å². The number of rotatable bonds is 4. The summed E-state index contributed by atoms with van der Waals surface area (Å²) in [6.07, 6.45) is 2.28. The van der Waals surface area contributed by atoms with Crippen LogP contribution in [0.2, 0.25) is 5.02 Å². The molecule has 1 N–H and O–H groups in total. The number of aryl methyl sites for hydroxylation is 1. The number of benzene rings is 1. The zero-order chi connectivity index (χ0) is 17.3. The van der Waals surface area contributed by atoms with Crippen LogP contribution >= 0.6 is 22.9 Å². The molecule has 0 radical (unpaired) electrons. The number of thiophene rings is 1. The number of amides is 1. The highest BCUT2D eigenvalue weighted by atomic mass is 35.5. The van der Waals surface area contributed by atoms with Crippen molar-refractivity contribution in [1.29, 1.82) is 0 Å². The van der Waals surface area contributed by atoms with E-state index in [1.54, 1.807) is 18.2 Å². The van der Waals surface area contributed by atoms with Crippen molar-refractivity contribution in [2.45, 2.75) is 26.8 Å². The van der Waals surface area contributed by atoms with E-state index in [-0.39, 0.29) is 18.0 Å². The summed E-state index contributed by atoms with van der Waals surface area (Å²) in [5.74, 6) is -0.297. The predicted molar refractivity (Wildman–Crippen MR) is 98.1 cm³/mol. The van der Waals surface area contributed by atoms with Crippen molar-refractivity contribution in [3.63, 3.8) is 0 Å².